The van der Waals surface area contributed by atoms with E-state index in [1.165, 1.54) is 4.90 Å². The van der Waals surface area contributed by atoms with Crippen LogP contribution in [0.3, 0.4) is 0 Å². The number of carbonyl (C=O) groups excluding carboxylic acids is 1. The van der Waals surface area contributed by atoms with Gasteiger partial charge in [-0.15, -0.1) is 0 Å². The molecule has 6 heteroatoms. The van der Waals surface area contributed by atoms with Gasteiger partial charge in [0.05, 0.1) is 12.0 Å². The lowest BCUT2D eigenvalue weighted by Crippen LogP contribution is -2.48. The lowest BCUT2D eigenvalue weighted by Gasteiger charge is -2.34. The zero-order chi connectivity index (χ0) is 13.1. The van der Waals surface area contributed by atoms with E-state index in [1.807, 2.05) is 6.92 Å². The van der Waals surface area contributed by atoms with Crippen LogP contribution in [0.1, 0.15) is 32.6 Å². The molecule has 3 nitrogen and oxygen atoms in total. The monoisotopic (exact) mass is 252 g/mol. The van der Waals surface area contributed by atoms with Gasteiger partial charge in [-0.3, -0.25) is 4.79 Å². The van der Waals surface area contributed by atoms with Crippen molar-refractivity contribution in [1.29, 1.82) is 0 Å². The van der Waals surface area contributed by atoms with E-state index in [2.05, 4.69) is 0 Å². The number of amides is 1. The van der Waals surface area contributed by atoms with Gasteiger partial charge in [-0.05, 0) is 19.3 Å². The van der Waals surface area contributed by atoms with E-state index in [-0.39, 0.29) is 31.8 Å². The average molecular weight is 252 g/mol. The summed E-state index contributed by atoms with van der Waals surface area (Å²) in [7, 11) is 0. The minimum absolute atomic E-state index is 0.00587. The average Bonchev–Trinajstić information content (AvgIpc) is 2.27. The van der Waals surface area contributed by atoms with Crippen molar-refractivity contribution in [2.24, 2.45) is 11.7 Å². The number of hydrogen-bond donors (Lipinski definition) is 1. The topological polar surface area (TPSA) is 46.3 Å². The Balaban J connectivity index is 2.44. The van der Waals surface area contributed by atoms with Gasteiger partial charge in [0.1, 0.15) is 0 Å². The maximum Gasteiger partial charge on any atom is 0.391 e. The van der Waals surface area contributed by atoms with Gasteiger partial charge in [0.2, 0.25) is 5.91 Å². The molecule has 0 aromatic heterocycles. The maximum atomic E-state index is 12.4. The van der Waals surface area contributed by atoms with Crippen molar-refractivity contribution < 1.29 is 18.0 Å². The maximum absolute atomic E-state index is 12.4. The Hall–Kier alpha value is -0.780. The van der Waals surface area contributed by atoms with Crippen molar-refractivity contribution in [2.45, 2.75) is 44.8 Å². The van der Waals surface area contributed by atoms with Gasteiger partial charge in [-0.1, -0.05) is 13.3 Å². The van der Waals surface area contributed by atoms with Gasteiger partial charge < -0.3 is 10.6 Å². The Morgan fingerprint density at radius 3 is 2.35 bits per heavy atom. The molecule has 1 rings (SSSR count). The summed E-state index contributed by atoms with van der Waals surface area (Å²) in [6.45, 7) is 2.25. The van der Waals surface area contributed by atoms with Gasteiger partial charge in [-0.2, -0.15) is 13.2 Å². The second-order valence-electron chi connectivity index (χ2n) is 4.54. The molecule has 0 saturated carbocycles. The predicted molar refractivity (Wildman–Crippen MR) is 58.2 cm³/mol. The quantitative estimate of drug-likeness (QED) is 0.834. The minimum Gasteiger partial charge on any atom is -0.341 e. The van der Waals surface area contributed by atoms with Crippen LogP contribution in [0.25, 0.3) is 0 Å². The Morgan fingerprint density at radius 2 is 1.94 bits per heavy atom. The van der Waals surface area contributed by atoms with Crippen molar-refractivity contribution in [1.82, 2.24) is 4.90 Å². The first kappa shape index (κ1) is 14.3. The zero-order valence-corrected chi connectivity index (χ0v) is 9.96. The molecule has 100 valence electrons. The number of nitrogens with two attached hydrogens (primary N) is 1. The van der Waals surface area contributed by atoms with Crippen molar-refractivity contribution in [3.05, 3.63) is 0 Å². The largest absolute Gasteiger partial charge is 0.391 e. The molecule has 1 atom stereocenters. The molecular weight excluding hydrogens is 233 g/mol. The molecule has 1 aliphatic rings. The van der Waals surface area contributed by atoms with Gasteiger partial charge in [-0.25, -0.2) is 0 Å². The minimum atomic E-state index is -4.14. The Bertz CT molecular complexity index is 260. The summed E-state index contributed by atoms with van der Waals surface area (Å²) in [6, 6.07) is -0.567. The van der Waals surface area contributed by atoms with Crippen LogP contribution in [0.4, 0.5) is 13.2 Å². The summed E-state index contributed by atoms with van der Waals surface area (Å²) >= 11 is 0. The molecule has 2 N–H and O–H groups in total. The zero-order valence-electron chi connectivity index (χ0n) is 9.96. The molecule has 1 amide bonds. The molecule has 0 aromatic rings. The standard InChI is InChI=1S/C11H19F3N2O/c1-2-3-9(15)10(17)16-6-4-8(5-7-16)11(12,13)14/h8-9H,2-7,15H2,1H3/t9-/m0/s1. The molecule has 1 fully saturated rings. The fraction of sp³-hybridized carbons (Fsp3) is 0.909. The summed E-state index contributed by atoms with van der Waals surface area (Å²) in [5, 5.41) is 0. The lowest BCUT2D eigenvalue weighted by molar-refractivity contribution is -0.186. The predicted octanol–water partition coefficient (Wildman–Crippen LogP) is 1.91. The second-order valence-corrected chi connectivity index (χ2v) is 4.54. The first-order valence-electron chi connectivity index (χ1n) is 5.97. The van der Waals surface area contributed by atoms with Crippen LogP contribution in [0.5, 0.6) is 0 Å². The Kier molecular flexibility index (Phi) is 4.80. The van der Waals surface area contributed by atoms with Gasteiger partial charge in [0, 0.05) is 13.1 Å². The van der Waals surface area contributed by atoms with Crippen LogP contribution in [0, 0.1) is 5.92 Å². The van der Waals surface area contributed by atoms with Crippen LogP contribution in [0.2, 0.25) is 0 Å². The van der Waals surface area contributed by atoms with E-state index < -0.39 is 18.1 Å². The molecule has 0 bridgehead atoms. The van der Waals surface area contributed by atoms with Crippen LogP contribution in [0.15, 0.2) is 0 Å². The summed E-state index contributed by atoms with van der Waals surface area (Å²) in [5.74, 6) is -1.48. The Morgan fingerprint density at radius 1 is 1.41 bits per heavy atom. The third kappa shape index (κ3) is 3.87. The van der Waals surface area contributed by atoms with E-state index in [0.717, 1.165) is 6.42 Å². The SMILES string of the molecule is CCC[C@H](N)C(=O)N1CCC(C(F)(F)F)CC1. The molecule has 1 heterocycles. The third-order valence-corrected chi connectivity index (χ3v) is 3.19. The summed E-state index contributed by atoms with van der Waals surface area (Å²) in [6.07, 6.45) is -2.77. The van der Waals surface area contributed by atoms with Crippen molar-refractivity contribution in [3.8, 4) is 0 Å². The van der Waals surface area contributed by atoms with Gasteiger partial charge in [0.15, 0.2) is 0 Å². The number of alkyl halides is 3. The first-order chi connectivity index (χ1) is 7.86. The first-order valence-corrected chi connectivity index (χ1v) is 5.97. The van der Waals surface area contributed by atoms with Crippen molar-refractivity contribution in [3.63, 3.8) is 0 Å². The van der Waals surface area contributed by atoms with E-state index in [9.17, 15) is 18.0 Å². The summed E-state index contributed by atoms with van der Waals surface area (Å²) in [5.41, 5.74) is 5.67. The third-order valence-electron chi connectivity index (χ3n) is 3.19. The molecule has 0 spiro atoms. The lowest BCUT2D eigenvalue weighted by atomic mass is 9.95. The number of hydrogen-bond acceptors (Lipinski definition) is 2. The summed E-state index contributed by atoms with van der Waals surface area (Å²) in [4.78, 5) is 13.2. The smallest absolute Gasteiger partial charge is 0.341 e. The fourth-order valence-corrected chi connectivity index (χ4v) is 2.10. The van der Waals surface area contributed by atoms with E-state index in [0.29, 0.717) is 6.42 Å². The highest BCUT2D eigenvalue weighted by Gasteiger charge is 2.41. The van der Waals surface area contributed by atoms with E-state index in [1.54, 1.807) is 0 Å². The molecule has 0 radical (unpaired) electrons. The molecule has 17 heavy (non-hydrogen) atoms. The second kappa shape index (κ2) is 5.71. The number of rotatable bonds is 3. The number of carbonyl (C=O) groups is 1. The van der Waals surface area contributed by atoms with Gasteiger partial charge in [0.25, 0.3) is 0 Å². The summed E-state index contributed by atoms with van der Waals surface area (Å²) < 4.78 is 37.3. The van der Waals surface area contributed by atoms with Crippen LogP contribution >= 0.6 is 0 Å². The normalized spacial score (nSPS) is 20.4. The molecule has 0 aliphatic carbocycles. The highest BCUT2D eigenvalue weighted by Crippen LogP contribution is 2.34. The van der Waals surface area contributed by atoms with Crippen LogP contribution in [-0.4, -0.2) is 36.1 Å². The number of piperidine rings is 1. The molecule has 0 aromatic carbocycles. The highest BCUT2D eigenvalue weighted by atomic mass is 19.4. The highest BCUT2D eigenvalue weighted by molar-refractivity contribution is 5.81. The molecule has 1 saturated heterocycles. The van der Waals surface area contributed by atoms with Crippen LogP contribution in [-0.2, 0) is 4.79 Å². The van der Waals surface area contributed by atoms with Crippen molar-refractivity contribution in [2.75, 3.05) is 13.1 Å². The van der Waals surface area contributed by atoms with Crippen molar-refractivity contribution >= 4 is 5.91 Å². The Labute approximate surface area is 99.1 Å². The van der Waals surface area contributed by atoms with Crippen LogP contribution < -0.4 is 5.73 Å². The van der Waals surface area contributed by atoms with Gasteiger partial charge >= 0.3 is 6.18 Å². The molecule has 0 unspecified atom stereocenters. The number of nitrogens with zero attached hydrogens (tertiary/aromatic N) is 1. The fourth-order valence-electron chi connectivity index (χ4n) is 2.10. The molecule has 1 aliphatic heterocycles. The number of halogens is 3. The van der Waals surface area contributed by atoms with E-state index in [4.69, 9.17) is 5.73 Å². The molecular formula is C11H19F3N2O. The van der Waals surface area contributed by atoms with E-state index >= 15 is 0 Å². The number of likely N-dealkylation sites (tertiary alicyclic amines) is 1.